The van der Waals surface area contributed by atoms with Crippen LogP contribution in [0.4, 0.5) is 0 Å². The van der Waals surface area contributed by atoms with Gasteiger partial charge in [0.25, 0.3) is 0 Å². The Hall–Kier alpha value is -2.86. The minimum absolute atomic E-state index is 0.0205. The van der Waals surface area contributed by atoms with Crippen LogP contribution in [0.5, 0.6) is 11.5 Å². The summed E-state index contributed by atoms with van der Waals surface area (Å²) in [4.78, 5) is 26.6. The van der Waals surface area contributed by atoms with Crippen LogP contribution < -0.4 is 5.73 Å². The van der Waals surface area contributed by atoms with Crippen LogP contribution >= 0.6 is 0 Å². The maximum atomic E-state index is 13.4. The van der Waals surface area contributed by atoms with Gasteiger partial charge in [-0.2, -0.15) is 0 Å². The molecular weight excluding hydrogens is 470 g/mol. The highest BCUT2D eigenvalue weighted by Crippen LogP contribution is 2.52. The number of rotatable bonds is 3. The van der Waals surface area contributed by atoms with Gasteiger partial charge in [0.1, 0.15) is 17.6 Å². The number of nitrogens with two attached hydrogens (primary N) is 1. The van der Waals surface area contributed by atoms with E-state index < -0.39 is 59.7 Å². The molecule has 1 aliphatic heterocycles. The first kappa shape index (κ1) is 24.8. The average molecular weight is 500 g/mol. The van der Waals surface area contributed by atoms with Gasteiger partial charge in [-0.3, -0.25) is 9.59 Å². The molecule has 1 heterocycles. The first-order valence-electron chi connectivity index (χ1n) is 11.9. The lowest BCUT2D eigenvalue weighted by atomic mass is 9.71. The number of carbonyl (C=O) groups excluding carboxylic acids is 2. The zero-order chi connectivity index (χ0) is 26.1. The van der Waals surface area contributed by atoms with Crippen LogP contribution in [-0.4, -0.2) is 67.2 Å². The number of phenolic OH excluding ortho intramolecular Hbond substituents is 2. The maximum Gasteiger partial charge on any atom is 0.201 e. The number of carbonyl (C=O) groups is 2. The molecule has 2 aromatic carbocycles. The molecule has 0 unspecified atom stereocenters. The lowest BCUT2D eigenvalue weighted by molar-refractivity contribution is -0.252. The standard InChI is InChI=1S/C26H29NO9/c1-3-26(34)9-16(36-17-8-14(27)21(29)10(2)35-17)19-13(25(26)33)7-12-20(24(19)32)23(31)18-11(22(12)30)5-4-6-15(18)28/h4-7,10,14,16-17,21,25,28-29,32-34H,3,8-9,27H2,1-2H3/t10-,14-,16-,17-,21+,25-,26+/m0/s1. The smallest absolute Gasteiger partial charge is 0.201 e. The van der Waals surface area contributed by atoms with Crippen LogP contribution in [0.2, 0.25) is 0 Å². The number of phenols is 2. The summed E-state index contributed by atoms with van der Waals surface area (Å²) < 4.78 is 11.9. The lowest BCUT2D eigenvalue weighted by Crippen LogP contribution is -2.52. The summed E-state index contributed by atoms with van der Waals surface area (Å²) in [5.74, 6) is -2.30. The number of ketones is 2. The molecule has 0 saturated carbocycles. The minimum atomic E-state index is -1.65. The third-order valence-corrected chi connectivity index (χ3v) is 7.70. The Labute approximate surface area is 206 Å². The summed E-state index contributed by atoms with van der Waals surface area (Å²) in [6, 6.07) is 4.79. The maximum absolute atomic E-state index is 13.4. The number of hydrogen-bond acceptors (Lipinski definition) is 10. The molecule has 0 aromatic heterocycles. The Morgan fingerprint density at radius 2 is 1.86 bits per heavy atom. The summed E-state index contributed by atoms with van der Waals surface area (Å²) in [5.41, 5.74) is 3.80. The molecule has 0 bridgehead atoms. The Morgan fingerprint density at radius 1 is 1.14 bits per heavy atom. The Balaban J connectivity index is 1.65. The van der Waals surface area contributed by atoms with Crippen molar-refractivity contribution in [2.75, 3.05) is 0 Å². The van der Waals surface area contributed by atoms with Gasteiger partial charge in [-0.05, 0) is 31.0 Å². The molecule has 0 amide bonds. The van der Waals surface area contributed by atoms with E-state index >= 15 is 0 Å². The van der Waals surface area contributed by atoms with Gasteiger partial charge < -0.3 is 40.7 Å². The van der Waals surface area contributed by atoms with E-state index in [1.165, 1.54) is 24.3 Å². The highest BCUT2D eigenvalue weighted by atomic mass is 16.7. The van der Waals surface area contributed by atoms with E-state index in [1.54, 1.807) is 13.8 Å². The van der Waals surface area contributed by atoms with E-state index in [1.807, 2.05) is 0 Å². The summed E-state index contributed by atoms with van der Waals surface area (Å²) in [5, 5.41) is 54.1. The third-order valence-electron chi connectivity index (χ3n) is 7.70. The van der Waals surface area contributed by atoms with E-state index in [2.05, 4.69) is 0 Å². The van der Waals surface area contributed by atoms with Crippen LogP contribution in [0.15, 0.2) is 24.3 Å². The quantitative estimate of drug-likeness (QED) is 0.308. The minimum Gasteiger partial charge on any atom is -0.507 e. The number of aromatic hydroxyl groups is 2. The molecule has 2 aliphatic carbocycles. The molecule has 5 rings (SSSR count). The van der Waals surface area contributed by atoms with Gasteiger partial charge in [0.05, 0.1) is 35.0 Å². The first-order chi connectivity index (χ1) is 17.0. The number of hydrogen-bond donors (Lipinski definition) is 6. The van der Waals surface area contributed by atoms with Gasteiger partial charge in [0.15, 0.2) is 12.1 Å². The predicted octanol–water partition coefficient (Wildman–Crippen LogP) is 1.33. The number of benzene rings is 2. The average Bonchev–Trinajstić information content (AvgIpc) is 2.83. The topological polar surface area (TPSA) is 180 Å². The van der Waals surface area contributed by atoms with Crippen LogP contribution in [0.3, 0.4) is 0 Å². The van der Waals surface area contributed by atoms with Crippen LogP contribution in [0, 0.1) is 0 Å². The van der Waals surface area contributed by atoms with E-state index in [0.717, 1.165) is 0 Å². The SMILES string of the molecule is CC[C@@]1(O)C[C@H](O[C@H]2C[C@H](N)[C@H](O)[C@H](C)O2)c2c(cc3c(c2O)C(=O)c2c(O)cccc2C3=O)[C@@H]1O. The molecule has 10 nitrogen and oxygen atoms in total. The molecule has 1 fully saturated rings. The molecule has 3 aliphatic rings. The molecule has 0 radical (unpaired) electrons. The van der Waals surface area contributed by atoms with Gasteiger partial charge in [0, 0.05) is 35.6 Å². The van der Waals surface area contributed by atoms with Crippen molar-refractivity contribution >= 4 is 11.6 Å². The van der Waals surface area contributed by atoms with Crippen LogP contribution in [0.1, 0.15) is 88.3 Å². The molecule has 1 saturated heterocycles. The lowest BCUT2D eigenvalue weighted by Gasteiger charge is -2.44. The van der Waals surface area contributed by atoms with Crippen molar-refractivity contribution in [1.82, 2.24) is 0 Å². The molecule has 192 valence electrons. The van der Waals surface area contributed by atoms with Gasteiger partial charge >= 0.3 is 0 Å². The second kappa shape index (κ2) is 8.62. The van der Waals surface area contributed by atoms with Crippen molar-refractivity contribution in [1.29, 1.82) is 0 Å². The molecule has 2 aromatic rings. The fourth-order valence-electron chi connectivity index (χ4n) is 5.55. The zero-order valence-corrected chi connectivity index (χ0v) is 19.8. The Kier molecular flexibility index (Phi) is 5.94. The van der Waals surface area contributed by atoms with Crippen LogP contribution in [-0.2, 0) is 9.47 Å². The molecule has 7 N–H and O–H groups in total. The van der Waals surface area contributed by atoms with Crippen molar-refractivity contribution in [3.8, 4) is 11.5 Å². The number of aliphatic hydroxyl groups is 3. The van der Waals surface area contributed by atoms with Crippen molar-refractivity contribution in [3.63, 3.8) is 0 Å². The Morgan fingerprint density at radius 3 is 2.53 bits per heavy atom. The summed E-state index contributed by atoms with van der Waals surface area (Å²) in [7, 11) is 0. The second-order valence-electron chi connectivity index (χ2n) is 9.86. The third kappa shape index (κ3) is 3.56. The van der Waals surface area contributed by atoms with E-state index in [0.29, 0.717) is 0 Å². The van der Waals surface area contributed by atoms with Gasteiger partial charge in [-0.1, -0.05) is 19.1 Å². The zero-order valence-electron chi connectivity index (χ0n) is 19.8. The second-order valence-corrected chi connectivity index (χ2v) is 9.86. The Bertz CT molecular complexity index is 1250. The van der Waals surface area contributed by atoms with Gasteiger partial charge in [0.2, 0.25) is 5.78 Å². The molecule has 7 atom stereocenters. The summed E-state index contributed by atoms with van der Waals surface area (Å²) in [6.07, 6.45) is -4.80. The number of fused-ring (bicyclic) bond motifs is 3. The highest BCUT2D eigenvalue weighted by molar-refractivity contribution is 6.30. The summed E-state index contributed by atoms with van der Waals surface area (Å²) >= 11 is 0. The van der Waals surface area contributed by atoms with Crippen LogP contribution in [0.25, 0.3) is 0 Å². The normalized spacial score (nSPS) is 33.6. The van der Waals surface area contributed by atoms with Crippen molar-refractivity contribution in [2.45, 2.75) is 75.5 Å². The fraction of sp³-hybridized carbons (Fsp3) is 0.462. The van der Waals surface area contributed by atoms with Crippen molar-refractivity contribution < 1.29 is 44.6 Å². The van der Waals surface area contributed by atoms with E-state index in [-0.39, 0.29) is 58.4 Å². The largest absolute Gasteiger partial charge is 0.507 e. The highest BCUT2D eigenvalue weighted by Gasteiger charge is 2.49. The molecule has 10 heteroatoms. The number of aliphatic hydroxyl groups excluding tert-OH is 2. The molecule has 0 spiro atoms. The number of ether oxygens (including phenoxy) is 2. The van der Waals surface area contributed by atoms with Crippen molar-refractivity contribution in [3.05, 3.63) is 57.6 Å². The molecule has 36 heavy (non-hydrogen) atoms. The monoisotopic (exact) mass is 499 g/mol. The van der Waals surface area contributed by atoms with Gasteiger partial charge in [-0.25, -0.2) is 0 Å². The van der Waals surface area contributed by atoms with Crippen molar-refractivity contribution in [2.24, 2.45) is 5.73 Å². The van der Waals surface area contributed by atoms with E-state index in [4.69, 9.17) is 15.2 Å². The fourth-order valence-corrected chi connectivity index (χ4v) is 5.55. The van der Waals surface area contributed by atoms with Gasteiger partial charge in [-0.15, -0.1) is 0 Å². The first-order valence-corrected chi connectivity index (χ1v) is 11.9. The summed E-state index contributed by atoms with van der Waals surface area (Å²) in [6.45, 7) is 3.33. The molecular formula is C26H29NO9. The van der Waals surface area contributed by atoms with E-state index in [9.17, 15) is 35.1 Å². The predicted molar refractivity (Wildman–Crippen MR) is 125 cm³/mol.